The Morgan fingerprint density at radius 2 is 2.00 bits per heavy atom. The highest BCUT2D eigenvalue weighted by Gasteiger charge is 1.93. The van der Waals surface area contributed by atoms with Gasteiger partial charge >= 0.3 is 0 Å². The molecule has 0 heterocycles. The van der Waals surface area contributed by atoms with Crippen molar-refractivity contribution in [1.82, 2.24) is 0 Å². The third kappa shape index (κ3) is 8.62. The minimum absolute atomic E-state index is 0.335. The van der Waals surface area contributed by atoms with E-state index in [1.807, 2.05) is 13.8 Å². The minimum Gasteiger partial charge on any atom is -0.503 e. The fourth-order valence-electron chi connectivity index (χ4n) is 0.383. The highest BCUT2D eigenvalue weighted by Crippen LogP contribution is 1.98. The molecule has 0 bridgehead atoms. The number of nitrogens with zero attached hydrogens (tertiary/aromatic N) is 1. The molecule has 4 N–H and O–H groups in total. The molecule has 0 amide bonds. The van der Waals surface area contributed by atoms with Crippen LogP contribution in [0.15, 0.2) is 29.3 Å². The molecule has 0 radical (unpaired) electrons. The molecule has 0 atom stereocenters. The summed E-state index contributed by atoms with van der Waals surface area (Å²) in [6, 6.07) is 0. The Kier molecular flexibility index (Phi) is 11.7. The van der Waals surface area contributed by atoms with Gasteiger partial charge in [0.25, 0.3) is 5.88 Å². The van der Waals surface area contributed by atoms with E-state index in [9.17, 15) is 0 Å². The lowest BCUT2D eigenvalue weighted by molar-refractivity contribution is 0.335. The van der Waals surface area contributed by atoms with Crippen molar-refractivity contribution in [3.8, 4) is 0 Å². The molecule has 4 heteroatoms. The van der Waals surface area contributed by atoms with Crippen molar-refractivity contribution in [2.45, 2.75) is 20.3 Å². The maximum absolute atomic E-state index is 8.86. The summed E-state index contributed by atoms with van der Waals surface area (Å²) >= 11 is 0. The number of aliphatic hydroxyl groups excluding tert-OH is 2. The average Bonchev–Trinajstić information content (AvgIpc) is 2.20. The number of aliphatic imine (C=N–C) groups is 1. The number of hydrogen-bond donors (Lipinski definition) is 3. The monoisotopic (exact) mass is 186 g/mol. The Labute approximate surface area is 79.1 Å². The van der Waals surface area contributed by atoms with Crippen LogP contribution in [0.25, 0.3) is 0 Å². The lowest BCUT2D eigenvalue weighted by Gasteiger charge is -1.92. The summed E-state index contributed by atoms with van der Waals surface area (Å²) in [6.45, 7) is 7.71. The molecule has 0 saturated carbocycles. The van der Waals surface area contributed by atoms with Crippen molar-refractivity contribution in [2.75, 3.05) is 6.54 Å². The molecule has 76 valence electrons. The maximum atomic E-state index is 8.86. The van der Waals surface area contributed by atoms with Gasteiger partial charge in [-0.05, 0) is 19.0 Å². The molecular formula is C9H18N2O2. The van der Waals surface area contributed by atoms with Crippen molar-refractivity contribution >= 4 is 6.21 Å². The summed E-state index contributed by atoms with van der Waals surface area (Å²) in [4.78, 5) is 3.49. The highest BCUT2D eigenvalue weighted by molar-refractivity contribution is 5.58. The molecular weight excluding hydrogens is 168 g/mol. The van der Waals surface area contributed by atoms with E-state index in [1.54, 1.807) is 0 Å². The summed E-state index contributed by atoms with van der Waals surface area (Å²) in [5.41, 5.74) is 5.15. The minimum atomic E-state index is -0.437. The average molecular weight is 186 g/mol. The first-order valence-corrected chi connectivity index (χ1v) is 4.19. The molecule has 0 unspecified atom stereocenters. The van der Waals surface area contributed by atoms with Crippen LogP contribution in [0.4, 0.5) is 0 Å². The second-order valence-electron chi connectivity index (χ2n) is 1.80. The number of rotatable bonds is 4. The van der Waals surface area contributed by atoms with E-state index in [1.165, 1.54) is 6.21 Å². The van der Waals surface area contributed by atoms with Crippen LogP contribution in [0.3, 0.4) is 0 Å². The van der Waals surface area contributed by atoms with Crippen LogP contribution in [-0.4, -0.2) is 23.0 Å². The molecule has 0 aliphatic carbocycles. The second-order valence-corrected chi connectivity index (χ2v) is 1.80. The summed E-state index contributed by atoms with van der Waals surface area (Å²) in [7, 11) is 0. The Bertz CT molecular complexity index is 186. The standard InChI is InChI=1S/C7H12N2O2.C2H6/c1-2-6(10)7(11)9-5-3-4-8;1-2/h2,5,10-11H,1,3-4,8H2;1-2H3/b7-6-,9-5+;. The fraction of sp³-hybridized carbons (Fsp3) is 0.444. The summed E-state index contributed by atoms with van der Waals surface area (Å²) in [6.07, 6.45) is 3.10. The maximum Gasteiger partial charge on any atom is 0.253 e. The number of nitrogens with two attached hydrogens (primary N) is 1. The van der Waals surface area contributed by atoms with Gasteiger partial charge in [-0.3, -0.25) is 0 Å². The van der Waals surface area contributed by atoms with E-state index >= 15 is 0 Å². The number of allylic oxidation sites excluding steroid dienone is 1. The summed E-state index contributed by atoms with van der Waals surface area (Å²) < 4.78 is 0. The molecule has 0 spiro atoms. The van der Waals surface area contributed by atoms with E-state index in [-0.39, 0.29) is 5.76 Å². The Morgan fingerprint density at radius 3 is 2.38 bits per heavy atom. The fourth-order valence-corrected chi connectivity index (χ4v) is 0.383. The number of hydrogen-bond acceptors (Lipinski definition) is 4. The first-order valence-electron chi connectivity index (χ1n) is 4.19. The van der Waals surface area contributed by atoms with Crippen molar-refractivity contribution in [1.29, 1.82) is 0 Å². The van der Waals surface area contributed by atoms with Gasteiger partial charge in [-0.25, -0.2) is 4.99 Å². The predicted octanol–water partition coefficient (Wildman–Crippen LogP) is 1.90. The van der Waals surface area contributed by atoms with Crippen LogP contribution >= 0.6 is 0 Å². The van der Waals surface area contributed by atoms with Gasteiger partial charge in [-0.1, -0.05) is 20.4 Å². The van der Waals surface area contributed by atoms with Crippen LogP contribution in [0.2, 0.25) is 0 Å². The molecule has 0 aromatic carbocycles. The van der Waals surface area contributed by atoms with E-state index in [2.05, 4.69) is 11.6 Å². The van der Waals surface area contributed by atoms with Crippen LogP contribution in [0.1, 0.15) is 20.3 Å². The normalized spacial score (nSPS) is 11.6. The zero-order chi connectivity index (χ0) is 10.7. The molecule has 0 saturated heterocycles. The summed E-state index contributed by atoms with van der Waals surface area (Å²) in [5, 5.41) is 17.7. The van der Waals surface area contributed by atoms with E-state index in [0.29, 0.717) is 13.0 Å². The smallest absolute Gasteiger partial charge is 0.253 e. The second kappa shape index (κ2) is 10.7. The van der Waals surface area contributed by atoms with Crippen LogP contribution in [0, 0.1) is 0 Å². The molecule has 0 fully saturated rings. The van der Waals surface area contributed by atoms with Gasteiger partial charge in [0.05, 0.1) is 0 Å². The van der Waals surface area contributed by atoms with Gasteiger partial charge in [0.2, 0.25) is 0 Å². The molecule has 0 aromatic heterocycles. The number of aliphatic hydroxyl groups is 2. The van der Waals surface area contributed by atoms with Crippen molar-refractivity contribution in [2.24, 2.45) is 10.7 Å². The Balaban J connectivity index is 0. The van der Waals surface area contributed by atoms with Crippen molar-refractivity contribution in [3.05, 3.63) is 24.3 Å². The molecule has 0 aliphatic rings. The molecule has 13 heavy (non-hydrogen) atoms. The first-order chi connectivity index (χ1) is 6.22. The van der Waals surface area contributed by atoms with E-state index < -0.39 is 5.88 Å². The van der Waals surface area contributed by atoms with Crippen molar-refractivity contribution < 1.29 is 10.2 Å². The van der Waals surface area contributed by atoms with Gasteiger partial charge in [0, 0.05) is 6.21 Å². The Morgan fingerprint density at radius 1 is 1.46 bits per heavy atom. The first kappa shape index (κ1) is 14.2. The van der Waals surface area contributed by atoms with Gasteiger partial charge in [-0.2, -0.15) is 0 Å². The zero-order valence-corrected chi connectivity index (χ0v) is 8.20. The molecule has 4 nitrogen and oxygen atoms in total. The van der Waals surface area contributed by atoms with Crippen molar-refractivity contribution in [3.63, 3.8) is 0 Å². The lowest BCUT2D eigenvalue weighted by Crippen LogP contribution is -1.98. The Hall–Kier alpha value is -1.29. The van der Waals surface area contributed by atoms with Gasteiger partial charge in [-0.15, -0.1) is 0 Å². The van der Waals surface area contributed by atoms with Gasteiger partial charge in [0.1, 0.15) is 0 Å². The van der Waals surface area contributed by atoms with Gasteiger partial charge in [0.15, 0.2) is 5.76 Å². The molecule has 0 aliphatic heterocycles. The van der Waals surface area contributed by atoms with E-state index in [0.717, 1.165) is 6.08 Å². The molecule has 0 rings (SSSR count). The molecule has 0 aromatic rings. The van der Waals surface area contributed by atoms with Crippen LogP contribution < -0.4 is 5.73 Å². The van der Waals surface area contributed by atoms with E-state index in [4.69, 9.17) is 15.9 Å². The third-order valence-corrected chi connectivity index (χ3v) is 0.932. The predicted molar refractivity (Wildman–Crippen MR) is 56.0 cm³/mol. The SMILES string of the molecule is C=C/C(O)=C(O)\N=C\CCN.CC. The zero-order valence-electron chi connectivity index (χ0n) is 8.20. The third-order valence-electron chi connectivity index (χ3n) is 0.932. The lowest BCUT2D eigenvalue weighted by atomic mass is 10.4. The van der Waals surface area contributed by atoms with Crippen LogP contribution in [-0.2, 0) is 0 Å². The quantitative estimate of drug-likeness (QED) is 0.356. The largest absolute Gasteiger partial charge is 0.503 e. The summed E-state index contributed by atoms with van der Waals surface area (Å²) in [5.74, 6) is -0.772. The highest BCUT2D eigenvalue weighted by atomic mass is 16.3. The van der Waals surface area contributed by atoms with Crippen LogP contribution in [0.5, 0.6) is 0 Å². The topological polar surface area (TPSA) is 78.8 Å². The van der Waals surface area contributed by atoms with Gasteiger partial charge < -0.3 is 15.9 Å².